The maximum Gasteiger partial charge on any atom is 0.243 e. The third-order valence-electron chi connectivity index (χ3n) is 2.33. The van der Waals surface area contributed by atoms with Crippen LogP contribution in [0.25, 0.3) is 11.5 Å². The summed E-state index contributed by atoms with van der Waals surface area (Å²) in [6.45, 7) is 0. The van der Waals surface area contributed by atoms with Gasteiger partial charge in [0.1, 0.15) is 5.69 Å². The predicted molar refractivity (Wildman–Crippen MR) is 66.4 cm³/mol. The van der Waals surface area contributed by atoms with Crippen LogP contribution in [0.5, 0.6) is 0 Å². The molecule has 0 unspecified atom stereocenters. The SMILES string of the molecule is CSCC[C@@H](N)c1nc(-c2ccn(C)n2)no1. The van der Waals surface area contributed by atoms with Gasteiger partial charge in [0.15, 0.2) is 0 Å². The Hall–Kier alpha value is -1.34. The summed E-state index contributed by atoms with van der Waals surface area (Å²) in [6, 6.07) is 1.63. The molecule has 0 amide bonds. The van der Waals surface area contributed by atoms with E-state index in [4.69, 9.17) is 10.3 Å². The Labute approximate surface area is 104 Å². The molecule has 0 fully saturated rings. The van der Waals surface area contributed by atoms with Crippen molar-refractivity contribution >= 4 is 11.8 Å². The third kappa shape index (κ3) is 2.86. The van der Waals surface area contributed by atoms with Crippen molar-refractivity contribution in [2.45, 2.75) is 12.5 Å². The van der Waals surface area contributed by atoms with Crippen LogP contribution in [0.1, 0.15) is 18.4 Å². The first-order valence-corrected chi connectivity index (χ1v) is 6.68. The minimum atomic E-state index is -0.201. The standard InChI is InChI=1S/C10H15N5OS/c1-15-5-3-8(13-15)9-12-10(16-14-9)7(11)4-6-17-2/h3,5,7H,4,6,11H2,1-2H3/t7-/m1/s1. The molecule has 0 bridgehead atoms. The quantitative estimate of drug-likeness (QED) is 0.862. The third-order valence-corrected chi connectivity index (χ3v) is 2.98. The second-order valence-corrected chi connectivity index (χ2v) is 4.70. The van der Waals surface area contributed by atoms with Crippen LogP contribution in [0.2, 0.25) is 0 Å². The summed E-state index contributed by atoms with van der Waals surface area (Å²) in [4.78, 5) is 4.26. The molecular weight excluding hydrogens is 238 g/mol. The molecule has 0 saturated heterocycles. The Morgan fingerprint density at radius 3 is 3.06 bits per heavy atom. The molecule has 2 aromatic rings. The molecule has 6 nitrogen and oxygen atoms in total. The van der Waals surface area contributed by atoms with Crippen molar-refractivity contribution < 1.29 is 4.52 Å². The highest BCUT2D eigenvalue weighted by atomic mass is 32.2. The van der Waals surface area contributed by atoms with Crippen LogP contribution < -0.4 is 5.73 Å². The topological polar surface area (TPSA) is 82.8 Å². The summed E-state index contributed by atoms with van der Waals surface area (Å²) in [5.41, 5.74) is 6.64. The molecule has 0 radical (unpaired) electrons. The monoisotopic (exact) mass is 253 g/mol. The molecule has 2 aromatic heterocycles. The number of aromatic nitrogens is 4. The van der Waals surface area contributed by atoms with Crippen molar-refractivity contribution in [3.05, 3.63) is 18.2 Å². The molecule has 0 aliphatic heterocycles. The van der Waals surface area contributed by atoms with Crippen molar-refractivity contribution in [2.24, 2.45) is 12.8 Å². The maximum absolute atomic E-state index is 5.94. The van der Waals surface area contributed by atoms with Gasteiger partial charge < -0.3 is 10.3 Å². The van der Waals surface area contributed by atoms with E-state index in [9.17, 15) is 0 Å². The van der Waals surface area contributed by atoms with Gasteiger partial charge in [0.05, 0.1) is 6.04 Å². The van der Waals surface area contributed by atoms with Gasteiger partial charge in [-0.15, -0.1) is 0 Å². The molecule has 0 spiro atoms. The van der Waals surface area contributed by atoms with E-state index in [1.807, 2.05) is 25.6 Å². The van der Waals surface area contributed by atoms with Gasteiger partial charge in [0, 0.05) is 13.2 Å². The van der Waals surface area contributed by atoms with Crippen molar-refractivity contribution in [2.75, 3.05) is 12.0 Å². The van der Waals surface area contributed by atoms with Gasteiger partial charge in [-0.25, -0.2) is 0 Å². The summed E-state index contributed by atoms with van der Waals surface area (Å²) in [5.74, 6) is 1.93. The zero-order valence-electron chi connectivity index (χ0n) is 9.83. The maximum atomic E-state index is 5.94. The summed E-state index contributed by atoms with van der Waals surface area (Å²) in [7, 11) is 1.84. The lowest BCUT2D eigenvalue weighted by molar-refractivity contribution is 0.353. The Morgan fingerprint density at radius 2 is 2.41 bits per heavy atom. The lowest BCUT2D eigenvalue weighted by Crippen LogP contribution is -2.11. The molecule has 2 N–H and O–H groups in total. The predicted octanol–water partition coefficient (Wildman–Crippen LogP) is 1.22. The lowest BCUT2D eigenvalue weighted by atomic mass is 10.2. The molecular formula is C10H15N5OS. The van der Waals surface area contributed by atoms with Crippen LogP contribution in [0, 0.1) is 0 Å². The second kappa shape index (κ2) is 5.33. The fourth-order valence-corrected chi connectivity index (χ4v) is 1.88. The van der Waals surface area contributed by atoms with Gasteiger partial charge in [-0.1, -0.05) is 5.16 Å². The van der Waals surface area contributed by atoms with Gasteiger partial charge >= 0.3 is 0 Å². The summed E-state index contributed by atoms with van der Waals surface area (Å²) >= 11 is 1.75. The summed E-state index contributed by atoms with van der Waals surface area (Å²) in [5, 5.41) is 8.08. The molecule has 1 atom stereocenters. The Kier molecular flexibility index (Phi) is 3.80. The van der Waals surface area contributed by atoms with Crippen molar-refractivity contribution in [1.29, 1.82) is 0 Å². The van der Waals surface area contributed by atoms with E-state index < -0.39 is 0 Å². The minimum absolute atomic E-state index is 0.201. The van der Waals surface area contributed by atoms with Crippen LogP contribution in [0.3, 0.4) is 0 Å². The Balaban J connectivity index is 2.10. The smallest absolute Gasteiger partial charge is 0.243 e. The number of hydrogen-bond acceptors (Lipinski definition) is 6. The van der Waals surface area contributed by atoms with Crippen LogP contribution in [-0.2, 0) is 7.05 Å². The van der Waals surface area contributed by atoms with Gasteiger partial charge in [-0.05, 0) is 24.5 Å². The highest BCUT2D eigenvalue weighted by Crippen LogP contribution is 2.18. The summed E-state index contributed by atoms with van der Waals surface area (Å²) < 4.78 is 6.84. The van der Waals surface area contributed by atoms with E-state index in [1.54, 1.807) is 16.4 Å². The fourth-order valence-electron chi connectivity index (χ4n) is 1.39. The van der Waals surface area contributed by atoms with E-state index in [0.717, 1.165) is 12.2 Å². The molecule has 17 heavy (non-hydrogen) atoms. The zero-order valence-corrected chi connectivity index (χ0v) is 10.6. The van der Waals surface area contributed by atoms with Crippen LogP contribution in [0.4, 0.5) is 0 Å². The molecule has 0 aromatic carbocycles. The number of aryl methyl sites for hydroxylation is 1. The van der Waals surface area contributed by atoms with E-state index in [-0.39, 0.29) is 6.04 Å². The average Bonchev–Trinajstić information content (AvgIpc) is 2.93. The number of rotatable bonds is 5. The van der Waals surface area contributed by atoms with Crippen LogP contribution in [0.15, 0.2) is 16.8 Å². The fraction of sp³-hybridized carbons (Fsp3) is 0.500. The van der Waals surface area contributed by atoms with Gasteiger partial charge in [-0.3, -0.25) is 4.68 Å². The highest BCUT2D eigenvalue weighted by molar-refractivity contribution is 7.98. The second-order valence-electron chi connectivity index (χ2n) is 3.72. The van der Waals surface area contributed by atoms with E-state index in [0.29, 0.717) is 17.4 Å². The van der Waals surface area contributed by atoms with E-state index in [1.165, 1.54) is 0 Å². The molecule has 7 heteroatoms. The van der Waals surface area contributed by atoms with Crippen molar-refractivity contribution in [3.63, 3.8) is 0 Å². The molecule has 0 aliphatic rings. The first-order valence-electron chi connectivity index (χ1n) is 5.29. The normalized spacial score (nSPS) is 12.9. The van der Waals surface area contributed by atoms with Crippen molar-refractivity contribution in [1.82, 2.24) is 19.9 Å². The van der Waals surface area contributed by atoms with E-state index in [2.05, 4.69) is 15.2 Å². The lowest BCUT2D eigenvalue weighted by Gasteiger charge is -2.03. The molecule has 0 aliphatic carbocycles. The summed E-state index contributed by atoms with van der Waals surface area (Å²) in [6.07, 6.45) is 4.70. The van der Waals surface area contributed by atoms with E-state index >= 15 is 0 Å². The number of nitrogens with zero attached hydrogens (tertiary/aromatic N) is 4. The zero-order chi connectivity index (χ0) is 12.3. The molecule has 0 saturated carbocycles. The Bertz CT molecular complexity index is 481. The largest absolute Gasteiger partial charge is 0.337 e. The first kappa shape index (κ1) is 12.1. The average molecular weight is 253 g/mol. The number of nitrogens with two attached hydrogens (primary N) is 1. The molecule has 2 heterocycles. The van der Waals surface area contributed by atoms with Crippen LogP contribution in [-0.4, -0.2) is 31.9 Å². The molecule has 92 valence electrons. The number of thioether (sulfide) groups is 1. The van der Waals surface area contributed by atoms with Crippen LogP contribution >= 0.6 is 11.8 Å². The number of hydrogen-bond donors (Lipinski definition) is 1. The Morgan fingerprint density at radius 1 is 1.59 bits per heavy atom. The van der Waals surface area contributed by atoms with Crippen molar-refractivity contribution in [3.8, 4) is 11.5 Å². The highest BCUT2D eigenvalue weighted by Gasteiger charge is 2.16. The molecule has 2 rings (SSSR count). The minimum Gasteiger partial charge on any atom is -0.337 e. The van der Waals surface area contributed by atoms with Gasteiger partial charge in [-0.2, -0.15) is 21.8 Å². The van der Waals surface area contributed by atoms with Gasteiger partial charge in [0.2, 0.25) is 11.7 Å². The first-order chi connectivity index (χ1) is 8.20. The van der Waals surface area contributed by atoms with Gasteiger partial charge in [0.25, 0.3) is 0 Å².